The molecule has 7 nitrogen and oxygen atoms in total. The highest BCUT2D eigenvalue weighted by atomic mass is 16.6. The summed E-state index contributed by atoms with van der Waals surface area (Å²) in [7, 11) is 0. The molecule has 0 saturated carbocycles. The number of hydrogen-bond acceptors (Lipinski definition) is 7. The SMILES string of the molecule is CC(=O)OC1C(C)OC(C(C)C)CC1(C)O.CC(C)C1CC(C)(O)C(O)C(C)O1. The Morgan fingerprint density at radius 3 is 1.69 bits per heavy atom. The van der Waals surface area contributed by atoms with Gasteiger partial charge >= 0.3 is 5.97 Å². The molecule has 2 rings (SSSR count). The van der Waals surface area contributed by atoms with E-state index in [1.807, 2.05) is 6.92 Å². The summed E-state index contributed by atoms with van der Waals surface area (Å²) < 4.78 is 16.5. The molecule has 2 aliphatic heterocycles. The Morgan fingerprint density at radius 2 is 1.34 bits per heavy atom. The maximum atomic E-state index is 11.0. The van der Waals surface area contributed by atoms with Gasteiger partial charge in [-0.1, -0.05) is 27.7 Å². The molecule has 8 unspecified atom stereocenters. The Balaban J connectivity index is 0.000000296. The van der Waals surface area contributed by atoms with Crippen molar-refractivity contribution in [2.45, 2.75) is 123 Å². The van der Waals surface area contributed by atoms with E-state index in [1.165, 1.54) is 6.92 Å². The second kappa shape index (κ2) is 10.1. The summed E-state index contributed by atoms with van der Waals surface area (Å²) in [5, 5.41) is 29.8. The highest BCUT2D eigenvalue weighted by Crippen LogP contribution is 2.34. The van der Waals surface area contributed by atoms with Crippen LogP contribution in [0, 0.1) is 11.8 Å². The predicted octanol–water partition coefficient (Wildman–Crippen LogP) is 2.43. The van der Waals surface area contributed by atoms with Crippen molar-refractivity contribution in [1.29, 1.82) is 0 Å². The van der Waals surface area contributed by atoms with Crippen LogP contribution in [-0.2, 0) is 19.0 Å². The van der Waals surface area contributed by atoms with E-state index in [0.717, 1.165) is 0 Å². The van der Waals surface area contributed by atoms with Crippen LogP contribution >= 0.6 is 0 Å². The lowest BCUT2D eigenvalue weighted by Crippen LogP contribution is -2.57. The lowest BCUT2D eigenvalue weighted by atomic mass is 9.83. The van der Waals surface area contributed by atoms with Gasteiger partial charge in [0.25, 0.3) is 0 Å². The summed E-state index contributed by atoms with van der Waals surface area (Å²) in [5.41, 5.74) is -2.02. The first-order valence-corrected chi connectivity index (χ1v) is 10.7. The lowest BCUT2D eigenvalue weighted by molar-refractivity contribution is -0.226. The summed E-state index contributed by atoms with van der Waals surface area (Å²) in [6.07, 6.45) is -0.854. The predicted molar refractivity (Wildman–Crippen MR) is 110 cm³/mol. The molecule has 0 amide bonds. The summed E-state index contributed by atoms with van der Waals surface area (Å²) in [6.45, 7) is 16.6. The minimum atomic E-state index is -1.02. The van der Waals surface area contributed by atoms with Gasteiger partial charge in [-0.15, -0.1) is 0 Å². The van der Waals surface area contributed by atoms with E-state index in [-0.39, 0.29) is 30.4 Å². The third kappa shape index (κ3) is 7.17. The molecule has 0 radical (unpaired) electrons. The van der Waals surface area contributed by atoms with Crippen LogP contribution < -0.4 is 0 Å². The Hall–Kier alpha value is -0.730. The zero-order valence-corrected chi connectivity index (χ0v) is 19.5. The molecule has 0 spiro atoms. The number of carbonyl (C=O) groups excluding carboxylic acids is 1. The molecule has 3 N–H and O–H groups in total. The van der Waals surface area contributed by atoms with E-state index in [9.17, 15) is 20.1 Å². The molecule has 0 aromatic heterocycles. The van der Waals surface area contributed by atoms with Crippen LogP contribution in [0.15, 0.2) is 0 Å². The van der Waals surface area contributed by atoms with Crippen LogP contribution in [0.25, 0.3) is 0 Å². The zero-order chi connectivity index (χ0) is 22.7. The van der Waals surface area contributed by atoms with E-state index in [1.54, 1.807) is 20.8 Å². The van der Waals surface area contributed by atoms with E-state index in [2.05, 4.69) is 27.7 Å². The zero-order valence-electron chi connectivity index (χ0n) is 19.5. The number of hydrogen-bond donors (Lipinski definition) is 3. The quantitative estimate of drug-likeness (QED) is 0.605. The highest BCUT2D eigenvalue weighted by Gasteiger charge is 2.47. The molecule has 2 saturated heterocycles. The highest BCUT2D eigenvalue weighted by molar-refractivity contribution is 5.66. The molecule has 0 aliphatic carbocycles. The van der Waals surface area contributed by atoms with Crippen LogP contribution in [0.3, 0.4) is 0 Å². The van der Waals surface area contributed by atoms with Crippen molar-refractivity contribution >= 4 is 5.97 Å². The van der Waals surface area contributed by atoms with Crippen molar-refractivity contribution in [2.75, 3.05) is 0 Å². The molecule has 2 aliphatic rings. The molecule has 0 bridgehead atoms. The van der Waals surface area contributed by atoms with Gasteiger partial charge in [-0.2, -0.15) is 0 Å². The molecule has 29 heavy (non-hydrogen) atoms. The van der Waals surface area contributed by atoms with Crippen LogP contribution in [0.1, 0.15) is 75.2 Å². The number of rotatable bonds is 3. The largest absolute Gasteiger partial charge is 0.457 e. The van der Waals surface area contributed by atoms with Gasteiger partial charge in [0.1, 0.15) is 11.7 Å². The van der Waals surface area contributed by atoms with Gasteiger partial charge in [0, 0.05) is 19.8 Å². The molecule has 7 heteroatoms. The van der Waals surface area contributed by atoms with E-state index in [0.29, 0.717) is 24.7 Å². The number of ether oxygens (including phenoxy) is 3. The molecular weight excluding hydrogens is 376 g/mol. The fraction of sp³-hybridized carbons (Fsp3) is 0.955. The Labute approximate surface area is 175 Å². The third-order valence-electron chi connectivity index (χ3n) is 5.91. The molecular formula is C22H42O7. The molecule has 172 valence electrons. The summed E-state index contributed by atoms with van der Waals surface area (Å²) in [5.74, 6) is 0.331. The Morgan fingerprint density at radius 1 is 0.931 bits per heavy atom. The van der Waals surface area contributed by atoms with Crippen LogP contribution in [0.2, 0.25) is 0 Å². The van der Waals surface area contributed by atoms with Crippen LogP contribution in [-0.4, -0.2) is 69.1 Å². The van der Waals surface area contributed by atoms with Crippen molar-refractivity contribution in [3.63, 3.8) is 0 Å². The average molecular weight is 419 g/mol. The Bertz CT molecular complexity index is 529. The number of aliphatic hydroxyl groups excluding tert-OH is 1. The van der Waals surface area contributed by atoms with E-state index < -0.39 is 23.4 Å². The first kappa shape index (κ1) is 26.3. The maximum absolute atomic E-state index is 11.0. The van der Waals surface area contributed by atoms with Crippen molar-refractivity contribution in [2.24, 2.45) is 11.8 Å². The van der Waals surface area contributed by atoms with Gasteiger partial charge < -0.3 is 29.5 Å². The summed E-state index contributed by atoms with van der Waals surface area (Å²) >= 11 is 0. The number of aliphatic hydroxyl groups is 3. The molecule has 2 fully saturated rings. The molecule has 0 aromatic rings. The first-order valence-electron chi connectivity index (χ1n) is 10.7. The minimum absolute atomic E-state index is 0.0109. The van der Waals surface area contributed by atoms with Crippen molar-refractivity contribution in [1.82, 2.24) is 0 Å². The topological polar surface area (TPSA) is 105 Å². The molecule has 8 atom stereocenters. The summed E-state index contributed by atoms with van der Waals surface area (Å²) in [4.78, 5) is 11.0. The fourth-order valence-electron chi connectivity index (χ4n) is 4.04. The second-order valence-electron chi connectivity index (χ2n) is 9.84. The molecule has 0 aromatic carbocycles. The average Bonchev–Trinajstić information content (AvgIpc) is 2.55. The number of carbonyl (C=O) groups is 1. The van der Waals surface area contributed by atoms with Gasteiger partial charge in [0.15, 0.2) is 6.10 Å². The number of esters is 1. The van der Waals surface area contributed by atoms with Gasteiger partial charge in [-0.05, 0) is 39.5 Å². The van der Waals surface area contributed by atoms with Crippen molar-refractivity contribution in [3.8, 4) is 0 Å². The second-order valence-corrected chi connectivity index (χ2v) is 9.84. The van der Waals surface area contributed by atoms with Gasteiger partial charge in [-0.25, -0.2) is 0 Å². The van der Waals surface area contributed by atoms with Gasteiger partial charge in [-0.3, -0.25) is 4.79 Å². The fourth-order valence-corrected chi connectivity index (χ4v) is 4.04. The molecule has 2 heterocycles. The van der Waals surface area contributed by atoms with Crippen LogP contribution in [0.4, 0.5) is 0 Å². The third-order valence-corrected chi connectivity index (χ3v) is 5.91. The lowest BCUT2D eigenvalue weighted by Gasteiger charge is -2.45. The first-order chi connectivity index (χ1) is 13.1. The van der Waals surface area contributed by atoms with Crippen molar-refractivity contribution in [3.05, 3.63) is 0 Å². The monoisotopic (exact) mass is 418 g/mol. The van der Waals surface area contributed by atoms with E-state index >= 15 is 0 Å². The van der Waals surface area contributed by atoms with Gasteiger partial charge in [0.2, 0.25) is 0 Å². The van der Waals surface area contributed by atoms with E-state index in [4.69, 9.17) is 14.2 Å². The van der Waals surface area contributed by atoms with Gasteiger partial charge in [0.05, 0.1) is 30.0 Å². The maximum Gasteiger partial charge on any atom is 0.303 e. The Kier molecular flexibility index (Phi) is 9.12. The van der Waals surface area contributed by atoms with Crippen molar-refractivity contribution < 1.29 is 34.3 Å². The summed E-state index contributed by atoms with van der Waals surface area (Å²) in [6, 6.07) is 0. The normalized spacial score (nSPS) is 43.0. The standard InChI is InChI=1S/C12H22O4.C10H20O3/c1-7(2)10-6-12(5,14)11(8(3)15-10)16-9(4)13;1-6(2)8-5-10(4,12)9(11)7(3)13-8/h7-8,10-11,14H,6H2,1-5H3;6-9,11-12H,5H2,1-4H3. The smallest absolute Gasteiger partial charge is 0.303 e. The van der Waals surface area contributed by atoms with Crippen LogP contribution in [0.5, 0.6) is 0 Å². The minimum Gasteiger partial charge on any atom is -0.457 e.